The fourth-order valence-corrected chi connectivity index (χ4v) is 2.05. The maximum Gasteiger partial charge on any atom is 0.258 e. The molecule has 0 bridgehead atoms. The van der Waals surface area contributed by atoms with Gasteiger partial charge in [-0.1, -0.05) is 6.07 Å². The van der Waals surface area contributed by atoms with Gasteiger partial charge in [-0.05, 0) is 36.1 Å². The lowest BCUT2D eigenvalue weighted by atomic mass is 10.1. The Morgan fingerprint density at radius 3 is 3.22 bits per heavy atom. The number of ether oxygens (including phenoxy) is 1. The molecule has 18 heavy (non-hydrogen) atoms. The number of aryl methyl sites for hydroxylation is 1. The van der Waals surface area contributed by atoms with Gasteiger partial charge < -0.3 is 15.8 Å². The van der Waals surface area contributed by atoms with Gasteiger partial charge in [0.1, 0.15) is 12.3 Å². The fourth-order valence-electron chi connectivity index (χ4n) is 2.05. The zero-order chi connectivity index (χ0) is 13.0. The minimum absolute atomic E-state index is 0.00122. The van der Waals surface area contributed by atoms with Crippen LogP contribution in [0.5, 0.6) is 5.75 Å². The lowest BCUT2D eigenvalue weighted by Gasteiger charge is -2.08. The van der Waals surface area contributed by atoms with Crippen molar-refractivity contribution < 1.29 is 9.53 Å². The normalized spacial score (nSPS) is 16.8. The van der Waals surface area contributed by atoms with E-state index in [-0.39, 0.29) is 25.1 Å². The molecule has 5 heteroatoms. The van der Waals surface area contributed by atoms with Crippen molar-refractivity contribution >= 4 is 5.91 Å². The second-order valence-electron chi connectivity index (χ2n) is 4.23. The molecular weight excluding hydrogens is 230 g/mol. The Morgan fingerprint density at radius 2 is 2.44 bits per heavy atom. The molecule has 2 rings (SSSR count). The maximum absolute atomic E-state index is 11.3. The highest BCUT2D eigenvalue weighted by molar-refractivity contribution is 5.77. The van der Waals surface area contributed by atoms with Crippen molar-refractivity contribution in [2.75, 3.05) is 13.2 Å². The van der Waals surface area contributed by atoms with Crippen LogP contribution in [0.3, 0.4) is 0 Å². The van der Waals surface area contributed by atoms with Gasteiger partial charge in [0.2, 0.25) is 0 Å². The van der Waals surface area contributed by atoms with Gasteiger partial charge in [-0.3, -0.25) is 4.79 Å². The first kappa shape index (κ1) is 12.4. The summed E-state index contributed by atoms with van der Waals surface area (Å²) in [6, 6.07) is 7.66. The Balaban J connectivity index is 1.91. The van der Waals surface area contributed by atoms with Crippen molar-refractivity contribution in [1.29, 1.82) is 5.26 Å². The summed E-state index contributed by atoms with van der Waals surface area (Å²) in [5, 5.41) is 10.7. The number of nitriles is 1. The first-order chi connectivity index (χ1) is 8.70. The third kappa shape index (κ3) is 2.79. The number of nitrogens with one attached hydrogen (secondary N) is 1. The molecule has 0 heterocycles. The van der Waals surface area contributed by atoms with Crippen LogP contribution in [0.15, 0.2) is 18.2 Å². The second-order valence-corrected chi connectivity index (χ2v) is 4.23. The molecule has 1 aromatic rings. The number of hydrogen-bond donors (Lipinski definition) is 2. The third-order valence-corrected chi connectivity index (χ3v) is 2.97. The fraction of sp³-hybridized carbons (Fsp3) is 0.385. The summed E-state index contributed by atoms with van der Waals surface area (Å²) in [6.45, 7) is -0.0756. The zero-order valence-electron chi connectivity index (χ0n) is 9.98. The van der Waals surface area contributed by atoms with Crippen molar-refractivity contribution in [2.24, 2.45) is 5.73 Å². The van der Waals surface area contributed by atoms with E-state index in [0.717, 1.165) is 18.4 Å². The van der Waals surface area contributed by atoms with Crippen LogP contribution in [0.25, 0.3) is 0 Å². The Labute approximate surface area is 106 Å². The zero-order valence-corrected chi connectivity index (χ0v) is 9.98. The summed E-state index contributed by atoms with van der Waals surface area (Å²) in [7, 11) is 0. The van der Waals surface area contributed by atoms with E-state index in [1.165, 1.54) is 5.56 Å². The number of nitrogens with zero attached hydrogens (tertiary/aromatic N) is 1. The predicted molar refractivity (Wildman–Crippen MR) is 65.8 cm³/mol. The molecule has 1 amide bonds. The van der Waals surface area contributed by atoms with Crippen LogP contribution in [0.4, 0.5) is 0 Å². The Kier molecular flexibility index (Phi) is 3.80. The molecule has 0 saturated heterocycles. The smallest absolute Gasteiger partial charge is 0.258 e. The predicted octanol–water partition coefficient (Wildman–Crippen LogP) is 0.651. The standard InChI is InChI=1S/C13H15N3O2/c14-5-6-16-13(17)8-18-10-2-3-11-9(7-10)1-4-12(11)15/h2-3,7,12H,1,4,6,8,15H2,(H,16,17). The highest BCUT2D eigenvalue weighted by Crippen LogP contribution is 2.31. The summed E-state index contributed by atoms with van der Waals surface area (Å²) in [5.74, 6) is 0.365. The quantitative estimate of drug-likeness (QED) is 0.762. The summed E-state index contributed by atoms with van der Waals surface area (Å²) < 4.78 is 5.36. The van der Waals surface area contributed by atoms with Crippen LogP contribution >= 0.6 is 0 Å². The first-order valence-corrected chi connectivity index (χ1v) is 5.85. The molecule has 3 N–H and O–H groups in total. The number of fused-ring (bicyclic) bond motifs is 1. The van der Waals surface area contributed by atoms with E-state index in [4.69, 9.17) is 15.7 Å². The molecule has 1 aliphatic carbocycles. The summed E-state index contributed by atoms with van der Waals surface area (Å²) >= 11 is 0. The molecule has 1 aliphatic rings. The number of carbonyl (C=O) groups excluding carboxylic acids is 1. The van der Waals surface area contributed by atoms with Gasteiger partial charge in [0.15, 0.2) is 6.61 Å². The molecule has 0 fully saturated rings. The minimum atomic E-state index is -0.297. The van der Waals surface area contributed by atoms with Crippen molar-refractivity contribution in [2.45, 2.75) is 18.9 Å². The van der Waals surface area contributed by atoms with Gasteiger partial charge in [-0.25, -0.2) is 0 Å². The Hall–Kier alpha value is -2.06. The number of benzene rings is 1. The van der Waals surface area contributed by atoms with Crippen molar-refractivity contribution in [1.82, 2.24) is 5.32 Å². The molecule has 0 radical (unpaired) electrons. The van der Waals surface area contributed by atoms with Crippen LogP contribution in [0, 0.1) is 11.3 Å². The molecule has 1 aromatic carbocycles. The molecule has 0 aliphatic heterocycles. The average Bonchev–Trinajstić information content (AvgIpc) is 2.75. The topological polar surface area (TPSA) is 88.1 Å². The van der Waals surface area contributed by atoms with Gasteiger partial charge in [0.05, 0.1) is 6.07 Å². The van der Waals surface area contributed by atoms with Crippen molar-refractivity contribution in [3.05, 3.63) is 29.3 Å². The summed E-state index contributed by atoms with van der Waals surface area (Å²) in [4.78, 5) is 11.3. The van der Waals surface area contributed by atoms with E-state index in [9.17, 15) is 4.79 Å². The lowest BCUT2D eigenvalue weighted by molar-refractivity contribution is -0.122. The van der Waals surface area contributed by atoms with E-state index < -0.39 is 0 Å². The maximum atomic E-state index is 11.3. The molecule has 0 spiro atoms. The highest BCUT2D eigenvalue weighted by Gasteiger charge is 2.19. The summed E-state index contributed by atoms with van der Waals surface area (Å²) in [6.07, 6.45) is 1.91. The van der Waals surface area contributed by atoms with Crippen LogP contribution in [0.2, 0.25) is 0 Å². The monoisotopic (exact) mass is 245 g/mol. The van der Waals surface area contributed by atoms with E-state index >= 15 is 0 Å². The second kappa shape index (κ2) is 5.52. The highest BCUT2D eigenvalue weighted by atomic mass is 16.5. The van der Waals surface area contributed by atoms with E-state index in [1.54, 1.807) is 0 Å². The van der Waals surface area contributed by atoms with Gasteiger partial charge >= 0.3 is 0 Å². The average molecular weight is 245 g/mol. The van der Waals surface area contributed by atoms with Crippen LogP contribution < -0.4 is 15.8 Å². The molecular formula is C13H15N3O2. The molecule has 5 nitrogen and oxygen atoms in total. The largest absolute Gasteiger partial charge is 0.484 e. The van der Waals surface area contributed by atoms with Crippen molar-refractivity contribution in [3.63, 3.8) is 0 Å². The third-order valence-electron chi connectivity index (χ3n) is 2.97. The summed E-state index contributed by atoms with van der Waals surface area (Å²) in [5.41, 5.74) is 8.29. The number of carbonyl (C=O) groups is 1. The molecule has 94 valence electrons. The van der Waals surface area contributed by atoms with Gasteiger partial charge in [0.25, 0.3) is 5.91 Å². The first-order valence-electron chi connectivity index (χ1n) is 5.85. The SMILES string of the molecule is N#CCNC(=O)COc1ccc2c(c1)CCC2N. The number of rotatable bonds is 4. The van der Waals surface area contributed by atoms with E-state index in [0.29, 0.717) is 5.75 Å². The Bertz CT molecular complexity index is 493. The number of hydrogen-bond acceptors (Lipinski definition) is 4. The van der Waals surface area contributed by atoms with Gasteiger partial charge in [-0.15, -0.1) is 0 Å². The lowest BCUT2D eigenvalue weighted by Crippen LogP contribution is -2.29. The van der Waals surface area contributed by atoms with Gasteiger partial charge in [-0.2, -0.15) is 5.26 Å². The Morgan fingerprint density at radius 1 is 1.61 bits per heavy atom. The van der Waals surface area contributed by atoms with E-state index in [1.807, 2.05) is 24.3 Å². The molecule has 0 aromatic heterocycles. The number of nitrogens with two attached hydrogens (primary N) is 1. The van der Waals surface area contributed by atoms with Crippen molar-refractivity contribution in [3.8, 4) is 11.8 Å². The van der Waals surface area contributed by atoms with Crippen LogP contribution in [-0.2, 0) is 11.2 Å². The molecule has 1 atom stereocenters. The number of amides is 1. The minimum Gasteiger partial charge on any atom is -0.484 e. The van der Waals surface area contributed by atoms with Crippen LogP contribution in [-0.4, -0.2) is 19.1 Å². The van der Waals surface area contributed by atoms with Crippen LogP contribution in [0.1, 0.15) is 23.6 Å². The molecule has 0 saturated carbocycles. The molecule has 1 unspecified atom stereocenters. The van der Waals surface area contributed by atoms with E-state index in [2.05, 4.69) is 5.32 Å². The van der Waals surface area contributed by atoms with Gasteiger partial charge in [0, 0.05) is 6.04 Å².